The maximum Gasteiger partial charge on any atom is 0.341 e. The van der Waals surface area contributed by atoms with Crippen molar-refractivity contribution >= 4 is 50.5 Å². The van der Waals surface area contributed by atoms with E-state index in [1.165, 1.54) is 31.2 Å². The monoisotopic (exact) mass is 486 g/mol. The van der Waals surface area contributed by atoms with Crippen LogP contribution in [0.4, 0.5) is 5.69 Å². The Balaban J connectivity index is 1.73. The molecule has 3 rings (SSSR count). The molecule has 1 aliphatic heterocycles. The highest BCUT2D eigenvalue weighted by Crippen LogP contribution is 2.28. The Bertz CT molecular complexity index is 1060. The van der Waals surface area contributed by atoms with Crippen molar-refractivity contribution in [1.29, 1.82) is 0 Å². The normalized spacial score (nSPS) is 20.2. The summed E-state index contributed by atoms with van der Waals surface area (Å²) < 4.78 is 38.9. The van der Waals surface area contributed by atoms with Gasteiger partial charge < -0.3 is 14.4 Å². The molecule has 0 bridgehead atoms. The average molecular weight is 487 g/mol. The quantitative estimate of drug-likeness (QED) is 0.628. The molecule has 0 spiro atoms. The standard InChI is InChI=1S/C20H23ClN2O6S2/c1-12-10-23(11-13(2)28-12)19(24)14(3)29-20(25)15-6-4-5-7-16(15)22-31(26,27)18-9-8-17(21)30-18/h4-9,12-14,22H,10-11H2,1-3H3. The number of esters is 1. The highest BCUT2D eigenvalue weighted by atomic mass is 35.5. The van der Waals surface area contributed by atoms with E-state index in [9.17, 15) is 18.0 Å². The maximum atomic E-state index is 12.7. The molecule has 1 amide bonds. The molecule has 31 heavy (non-hydrogen) atoms. The third kappa shape index (κ3) is 5.76. The molecule has 3 atom stereocenters. The van der Waals surface area contributed by atoms with Crippen LogP contribution in [0.25, 0.3) is 0 Å². The molecule has 168 valence electrons. The first kappa shape index (κ1) is 23.5. The largest absolute Gasteiger partial charge is 0.449 e. The summed E-state index contributed by atoms with van der Waals surface area (Å²) in [5, 5.41) is 0. The minimum absolute atomic E-state index is 0.00269. The lowest BCUT2D eigenvalue weighted by atomic mass is 10.2. The summed E-state index contributed by atoms with van der Waals surface area (Å²) in [6.45, 7) is 6.05. The van der Waals surface area contributed by atoms with Crippen LogP contribution in [-0.2, 0) is 24.3 Å². The van der Waals surface area contributed by atoms with E-state index in [-0.39, 0.29) is 33.6 Å². The van der Waals surface area contributed by atoms with Gasteiger partial charge in [0, 0.05) is 13.1 Å². The Labute approximate surface area is 190 Å². The summed E-state index contributed by atoms with van der Waals surface area (Å²) in [5.41, 5.74) is 0.0439. The van der Waals surface area contributed by atoms with Crippen LogP contribution in [-0.4, -0.2) is 56.6 Å². The molecule has 3 unspecified atom stereocenters. The molecule has 1 fully saturated rings. The molecule has 2 heterocycles. The number of carbonyl (C=O) groups is 2. The van der Waals surface area contributed by atoms with Crippen molar-refractivity contribution in [1.82, 2.24) is 4.90 Å². The zero-order valence-corrected chi connectivity index (χ0v) is 19.6. The van der Waals surface area contributed by atoms with Gasteiger partial charge in [0.1, 0.15) is 4.21 Å². The number of morpholine rings is 1. The van der Waals surface area contributed by atoms with Crippen LogP contribution in [0.1, 0.15) is 31.1 Å². The van der Waals surface area contributed by atoms with Gasteiger partial charge in [0.15, 0.2) is 6.10 Å². The highest BCUT2D eigenvalue weighted by molar-refractivity contribution is 7.94. The average Bonchev–Trinajstić information content (AvgIpc) is 3.14. The van der Waals surface area contributed by atoms with Crippen LogP contribution in [0, 0.1) is 0 Å². The van der Waals surface area contributed by atoms with Crippen LogP contribution in [0.15, 0.2) is 40.6 Å². The topological polar surface area (TPSA) is 102 Å². The van der Waals surface area contributed by atoms with Crippen LogP contribution >= 0.6 is 22.9 Å². The number of ether oxygens (including phenoxy) is 2. The van der Waals surface area contributed by atoms with Crippen molar-refractivity contribution < 1.29 is 27.5 Å². The molecule has 11 heteroatoms. The van der Waals surface area contributed by atoms with Crippen LogP contribution < -0.4 is 4.72 Å². The predicted octanol–water partition coefficient (Wildman–Crippen LogP) is 3.38. The summed E-state index contributed by atoms with van der Waals surface area (Å²) in [7, 11) is -3.94. The zero-order valence-electron chi connectivity index (χ0n) is 17.2. The molecule has 2 aromatic rings. The minimum Gasteiger partial charge on any atom is -0.449 e. The fraction of sp³-hybridized carbons (Fsp3) is 0.400. The maximum absolute atomic E-state index is 12.7. The lowest BCUT2D eigenvalue weighted by Crippen LogP contribution is -2.51. The van der Waals surface area contributed by atoms with Gasteiger partial charge in [0.05, 0.1) is 27.8 Å². The first-order valence-electron chi connectivity index (χ1n) is 9.59. The molecule has 8 nitrogen and oxygen atoms in total. The van der Waals surface area contributed by atoms with Crippen molar-refractivity contribution in [3.63, 3.8) is 0 Å². The Kier molecular flexibility index (Phi) is 7.25. The molecule has 0 saturated carbocycles. The fourth-order valence-electron chi connectivity index (χ4n) is 3.28. The van der Waals surface area contributed by atoms with E-state index in [4.69, 9.17) is 21.1 Å². The second-order valence-corrected chi connectivity index (χ2v) is 10.9. The number of thiophene rings is 1. The van der Waals surface area contributed by atoms with Crippen molar-refractivity contribution in [2.24, 2.45) is 0 Å². The number of halogens is 1. The Morgan fingerprint density at radius 2 is 1.84 bits per heavy atom. The summed E-state index contributed by atoms with van der Waals surface area (Å²) in [4.78, 5) is 27.1. The number of anilines is 1. The van der Waals surface area contributed by atoms with Crippen LogP contribution in [0.2, 0.25) is 4.34 Å². The van der Waals surface area contributed by atoms with Crippen molar-refractivity contribution in [2.75, 3.05) is 17.8 Å². The number of para-hydroxylation sites is 1. The van der Waals surface area contributed by atoms with Gasteiger partial charge in [0.2, 0.25) is 0 Å². The van der Waals surface area contributed by atoms with E-state index in [2.05, 4.69) is 4.72 Å². The number of nitrogens with zero attached hydrogens (tertiary/aromatic N) is 1. The second kappa shape index (κ2) is 9.56. The summed E-state index contributed by atoms with van der Waals surface area (Å²) >= 11 is 6.73. The molecule has 1 aromatic carbocycles. The third-order valence-electron chi connectivity index (χ3n) is 4.57. The summed E-state index contributed by atoms with van der Waals surface area (Å²) in [6, 6.07) is 8.89. The van der Waals surface area contributed by atoms with Crippen LogP contribution in [0.3, 0.4) is 0 Å². The molecule has 1 aromatic heterocycles. The van der Waals surface area contributed by atoms with E-state index in [0.717, 1.165) is 11.3 Å². The predicted molar refractivity (Wildman–Crippen MR) is 118 cm³/mol. The van der Waals surface area contributed by atoms with E-state index in [1.54, 1.807) is 17.0 Å². The number of sulfonamides is 1. The summed E-state index contributed by atoms with van der Waals surface area (Å²) in [6.07, 6.45) is -1.27. The first-order valence-corrected chi connectivity index (χ1v) is 12.3. The number of nitrogens with one attached hydrogen (secondary N) is 1. The lowest BCUT2D eigenvalue weighted by Gasteiger charge is -2.36. The smallest absolute Gasteiger partial charge is 0.341 e. The van der Waals surface area contributed by atoms with Gasteiger partial charge in [-0.1, -0.05) is 23.7 Å². The number of carbonyl (C=O) groups excluding carboxylic acids is 2. The SMILES string of the molecule is CC1CN(C(=O)C(C)OC(=O)c2ccccc2NS(=O)(=O)c2ccc(Cl)s2)CC(C)O1. The number of amides is 1. The van der Waals surface area contributed by atoms with E-state index < -0.39 is 22.1 Å². The van der Waals surface area contributed by atoms with E-state index >= 15 is 0 Å². The van der Waals surface area contributed by atoms with Gasteiger partial charge in [-0.3, -0.25) is 9.52 Å². The lowest BCUT2D eigenvalue weighted by molar-refractivity contribution is -0.151. The van der Waals surface area contributed by atoms with Gasteiger partial charge in [-0.2, -0.15) is 0 Å². The van der Waals surface area contributed by atoms with Gasteiger partial charge in [-0.25, -0.2) is 13.2 Å². The Morgan fingerprint density at radius 3 is 2.45 bits per heavy atom. The molecule has 0 radical (unpaired) electrons. The van der Waals surface area contributed by atoms with Gasteiger partial charge in [-0.05, 0) is 45.0 Å². The van der Waals surface area contributed by atoms with Crippen molar-refractivity contribution in [3.8, 4) is 0 Å². The Hall–Kier alpha value is -2.14. The van der Waals surface area contributed by atoms with Crippen molar-refractivity contribution in [2.45, 2.75) is 43.3 Å². The molecular formula is C20H23ClN2O6S2. The molecule has 1 saturated heterocycles. The minimum atomic E-state index is -3.94. The number of benzene rings is 1. The fourth-order valence-corrected chi connectivity index (χ4v) is 5.84. The van der Waals surface area contributed by atoms with Crippen molar-refractivity contribution in [3.05, 3.63) is 46.3 Å². The Morgan fingerprint density at radius 1 is 1.19 bits per heavy atom. The van der Waals surface area contributed by atoms with Gasteiger partial charge >= 0.3 is 5.97 Å². The molecule has 1 aliphatic rings. The zero-order chi connectivity index (χ0) is 22.8. The number of rotatable bonds is 6. The first-order chi connectivity index (χ1) is 14.6. The number of hydrogen-bond donors (Lipinski definition) is 1. The molecular weight excluding hydrogens is 464 g/mol. The third-order valence-corrected chi connectivity index (χ3v) is 7.66. The van der Waals surface area contributed by atoms with Gasteiger partial charge in [-0.15, -0.1) is 11.3 Å². The van der Waals surface area contributed by atoms with E-state index in [0.29, 0.717) is 17.4 Å². The number of hydrogen-bond acceptors (Lipinski definition) is 7. The summed E-state index contributed by atoms with van der Waals surface area (Å²) in [5.74, 6) is -1.14. The second-order valence-electron chi connectivity index (χ2n) is 7.26. The molecule has 1 N–H and O–H groups in total. The van der Waals surface area contributed by atoms with E-state index in [1.807, 2.05) is 13.8 Å². The molecule has 0 aliphatic carbocycles. The van der Waals surface area contributed by atoms with Crippen LogP contribution in [0.5, 0.6) is 0 Å². The van der Waals surface area contributed by atoms with Gasteiger partial charge in [0.25, 0.3) is 15.9 Å². The highest BCUT2D eigenvalue weighted by Gasteiger charge is 2.31.